The maximum absolute atomic E-state index is 11.6. The van der Waals surface area contributed by atoms with Crippen molar-refractivity contribution in [2.75, 3.05) is 51.8 Å². The minimum absolute atomic E-state index is 0.201. The second-order valence-electron chi connectivity index (χ2n) is 5.16. The van der Waals surface area contributed by atoms with Gasteiger partial charge in [0.05, 0.1) is 6.54 Å². The van der Waals surface area contributed by atoms with Gasteiger partial charge < -0.3 is 10.2 Å². The van der Waals surface area contributed by atoms with Gasteiger partial charge in [0, 0.05) is 51.3 Å². The average Bonchev–Trinajstić information content (AvgIpc) is 2.40. The Morgan fingerprint density at radius 3 is 2.74 bits per heavy atom. The van der Waals surface area contributed by atoms with E-state index in [4.69, 9.17) is 0 Å². The molecule has 1 rings (SSSR count). The molecule has 1 N–H and O–H groups in total. The van der Waals surface area contributed by atoms with Crippen molar-refractivity contribution in [2.45, 2.75) is 18.9 Å². The summed E-state index contributed by atoms with van der Waals surface area (Å²) < 4.78 is 0. The molecule has 1 fully saturated rings. The van der Waals surface area contributed by atoms with E-state index in [1.807, 2.05) is 31.9 Å². The molecule has 0 saturated carbocycles. The lowest BCUT2D eigenvalue weighted by atomic mass is 10.1. The van der Waals surface area contributed by atoms with Crippen LogP contribution in [0.3, 0.4) is 0 Å². The number of carbonyl (C=O) groups is 1. The monoisotopic (exact) mass is 285 g/mol. The number of carbonyl (C=O) groups excluding carboxylic acids is 1. The summed E-state index contributed by atoms with van der Waals surface area (Å²) in [7, 11) is 3.63. The molecule has 0 spiro atoms. The standard InChI is InChI=1S/C14H27N3OS/c1-4-10-19-11-7-15-13-5-8-17(9-6-13)12-14(18)16(2)3/h4,13,15H,1,5-12H2,2-3H3. The Balaban J connectivity index is 2.08. The van der Waals surface area contributed by atoms with Crippen molar-refractivity contribution in [1.29, 1.82) is 0 Å². The lowest BCUT2D eigenvalue weighted by Gasteiger charge is -2.32. The highest BCUT2D eigenvalue weighted by Crippen LogP contribution is 2.10. The van der Waals surface area contributed by atoms with Crippen LogP contribution in [-0.2, 0) is 4.79 Å². The molecule has 0 aliphatic carbocycles. The lowest BCUT2D eigenvalue weighted by molar-refractivity contribution is -0.130. The molecule has 0 radical (unpaired) electrons. The molecular weight excluding hydrogens is 258 g/mol. The zero-order chi connectivity index (χ0) is 14.1. The fraction of sp³-hybridized carbons (Fsp3) is 0.786. The third-order valence-corrected chi connectivity index (χ3v) is 4.32. The van der Waals surface area contributed by atoms with Crippen LogP contribution in [0.5, 0.6) is 0 Å². The number of likely N-dealkylation sites (N-methyl/N-ethyl adjacent to an activating group) is 1. The quantitative estimate of drug-likeness (QED) is 0.534. The smallest absolute Gasteiger partial charge is 0.236 e. The molecule has 1 amide bonds. The first kappa shape index (κ1) is 16.5. The second kappa shape index (κ2) is 9.39. The van der Waals surface area contributed by atoms with Gasteiger partial charge in [0.2, 0.25) is 5.91 Å². The van der Waals surface area contributed by atoms with E-state index in [0.717, 1.165) is 44.0 Å². The molecular formula is C14H27N3OS. The first-order valence-corrected chi connectivity index (χ1v) is 8.13. The predicted molar refractivity (Wildman–Crippen MR) is 83.7 cm³/mol. The van der Waals surface area contributed by atoms with E-state index in [1.165, 1.54) is 0 Å². The first-order chi connectivity index (χ1) is 9.13. The Hall–Kier alpha value is -0.520. The summed E-state index contributed by atoms with van der Waals surface area (Å²) in [4.78, 5) is 15.5. The minimum atomic E-state index is 0.201. The molecule has 0 aromatic rings. The van der Waals surface area contributed by atoms with Gasteiger partial charge in [-0.15, -0.1) is 6.58 Å². The molecule has 0 aromatic heterocycles. The van der Waals surface area contributed by atoms with E-state index in [2.05, 4.69) is 16.8 Å². The van der Waals surface area contributed by atoms with Gasteiger partial charge in [-0.25, -0.2) is 0 Å². The summed E-state index contributed by atoms with van der Waals surface area (Å²) in [6.07, 6.45) is 4.24. The molecule has 0 atom stereocenters. The lowest BCUT2D eigenvalue weighted by Crippen LogP contribution is -2.46. The van der Waals surface area contributed by atoms with Crippen molar-refractivity contribution in [3.63, 3.8) is 0 Å². The highest BCUT2D eigenvalue weighted by Gasteiger charge is 2.20. The summed E-state index contributed by atoms with van der Waals surface area (Å²) in [5.41, 5.74) is 0. The van der Waals surface area contributed by atoms with E-state index in [1.54, 1.807) is 4.90 Å². The van der Waals surface area contributed by atoms with Crippen LogP contribution >= 0.6 is 11.8 Å². The molecule has 0 unspecified atom stereocenters. The molecule has 1 heterocycles. The van der Waals surface area contributed by atoms with Crippen LogP contribution in [0.4, 0.5) is 0 Å². The van der Waals surface area contributed by atoms with E-state index in [0.29, 0.717) is 12.6 Å². The third kappa shape index (κ3) is 6.99. The van der Waals surface area contributed by atoms with Crippen LogP contribution in [0.2, 0.25) is 0 Å². The van der Waals surface area contributed by atoms with Crippen LogP contribution in [0.25, 0.3) is 0 Å². The predicted octanol–water partition coefficient (Wildman–Crippen LogP) is 1.05. The van der Waals surface area contributed by atoms with Crippen LogP contribution in [0.1, 0.15) is 12.8 Å². The van der Waals surface area contributed by atoms with Crippen molar-refractivity contribution < 1.29 is 4.79 Å². The van der Waals surface area contributed by atoms with Gasteiger partial charge in [0.25, 0.3) is 0 Å². The van der Waals surface area contributed by atoms with Crippen molar-refractivity contribution >= 4 is 17.7 Å². The molecule has 0 aromatic carbocycles. The van der Waals surface area contributed by atoms with E-state index in [9.17, 15) is 4.79 Å². The van der Waals surface area contributed by atoms with E-state index >= 15 is 0 Å². The molecule has 110 valence electrons. The Morgan fingerprint density at radius 1 is 1.47 bits per heavy atom. The first-order valence-electron chi connectivity index (χ1n) is 6.98. The fourth-order valence-corrected chi connectivity index (χ4v) is 2.73. The normalized spacial score (nSPS) is 17.4. The van der Waals surface area contributed by atoms with Crippen molar-refractivity contribution in [2.24, 2.45) is 0 Å². The zero-order valence-corrected chi connectivity index (χ0v) is 13.0. The van der Waals surface area contributed by atoms with Gasteiger partial charge in [-0.3, -0.25) is 9.69 Å². The molecule has 1 aliphatic heterocycles. The average molecular weight is 285 g/mol. The Morgan fingerprint density at radius 2 is 2.16 bits per heavy atom. The molecule has 4 nitrogen and oxygen atoms in total. The molecule has 19 heavy (non-hydrogen) atoms. The number of piperidine rings is 1. The number of likely N-dealkylation sites (tertiary alicyclic amines) is 1. The maximum atomic E-state index is 11.6. The fourth-order valence-electron chi connectivity index (χ4n) is 2.13. The Labute approximate surface area is 121 Å². The largest absolute Gasteiger partial charge is 0.348 e. The summed E-state index contributed by atoms with van der Waals surface area (Å²) in [6.45, 7) is 7.40. The summed E-state index contributed by atoms with van der Waals surface area (Å²) >= 11 is 1.91. The summed E-state index contributed by atoms with van der Waals surface area (Å²) in [5.74, 6) is 2.38. The van der Waals surface area contributed by atoms with Crippen molar-refractivity contribution in [3.05, 3.63) is 12.7 Å². The van der Waals surface area contributed by atoms with Crippen LogP contribution < -0.4 is 5.32 Å². The molecule has 1 aliphatic rings. The van der Waals surface area contributed by atoms with Gasteiger partial charge >= 0.3 is 0 Å². The van der Waals surface area contributed by atoms with Crippen molar-refractivity contribution in [1.82, 2.24) is 15.1 Å². The van der Waals surface area contributed by atoms with Gasteiger partial charge in [0.15, 0.2) is 0 Å². The molecule has 0 bridgehead atoms. The summed E-state index contributed by atoms with van der Waals surface area (Å²) in [6, 6.07) is 0.620. The second-order valence-corrected chi connectivity index (χ2v) is 6.31. The van der Waals surface area contributed by atoms with Gasteiger partial charge in [0.1, 0.15) is 0 Å². The topological polar surface area (TPSA) is 35.6 Å². The number of amides is 1. The van der Waals surface area contributed by atoms with Crippen LogP contribution in [0, 0.1) is 0 Å². The number of nitrogens with zero attached hydrogens (tertiary/aromatic N) is 2. The number of hydrogen-bond donors (Lipinski definition) is 1. The number of thioether (sulfide) groups is 1. The SMILES string of the molecule is C=CCSCCNC1CCN(CC(=O)N(C)C)CC1. The van der Waals surface area contributed by atoms with Gasteiger partial charge in [-0.05, 0) is 12.8 Å². The number of rotatable bonds is 8. The van der Waals surface area contributed by atoms with E-state index < -0.39 is 0 Å². The van der Waals surface area contributed by atoms with Gasteiger partial charge in [-0.2, -0.15) is 11.8 Å². The Kier molecular flexibility index (Phi) is 8.18. The minimum Gasteiger partial charge on any atom is -0.348 e. The van der Waals surface area contributed by atoms with Crippen molar-refractivity contribution in [3.8, 4) is 0 Å². The highest BCUT2D eigenvalue weighted by molar-refractivity contribution is 7.99. The Bertz CT molecular complexity index is 276. The molecule has 1 saturated heterocycles. The van der Waals surface area contributed by atoms with E-state index in [-0.39, 0.29) is 5.91 Å². The number of hydrogen-bond acceptors (Lipinski definition) is 4. The van der Waals surface area contributed by atoms with Crippen LogP contribution in [-0.4, -0.2) is 73.5 Å². The third-order valence-electron chi connectivity index (χ3n) is 3.36. The summed E-state index contributed by atoms with van der Waals surface area (Å²) in [5, 5.41) is 3.60. The maximum Gasteiger partial charge on any atom is 0.236 e. The highest BCUT2D eigenvalue weighted by atomic mass is 32.2. The van der Waals surface area contributed by atoms with Crippen LogP contribution in [0.15, 0.2) is 12.7 Å². The van der Waals surface area contributed by atoms with Gasteiger partial charge in [-0.1, -0.05) is 6.08 Å². The number of nitrogens with one attached hydrogen (secondary N) is 1. The zero-order valence-electron chi connectivity index (χ0n) is 12.2. The molecule has 5 heteroatoms.